The van der Waals surface area contributed by atoms with Gasteiger partial charge in [-0.15, -0.1) is 0 Å². The number of nitrogens with one attached hydrogen (secondary N) is 1. The molecular formula is C18H17ClN2O2. The molecule has 0 unspecified atom stereocenters. The third kappa shape index (κ3) is 3.37. The van der Waals surface area contributed by atoms with Crippen LogP contribution < -0.4 is 10.2 Å². The monoisotopic (exact) mass is 328 g/mol. The van der Waals surface area contributed by atoms with Crippen LogP contribution in [0.15, 0.2) is 48.5 Å². The number of nitrogens with zero attached hydrogens (tertiary/aromatic N) is 1. The highest BCUT2D eigenvalue weighted by Gasteiger charge is 2.33. The number of benzene rings is 2. The standard InChI is InChI=1S/C18H17ClN2O2/c1-12-5-7-15(8-6-12)21-10-9-16(18(21)23)20-17(22)13-3-2-4-14(19)11-13/h2-8,11,16H,9-10H2,1H3,(H,20,22)/t16-/m0/s1. The summed E-state index contributed by atoms with van der Waals surface area (Å²) in [6, 6.07) is 14.0. The Morgan fingerprint density at radius 1 is 1.22 bits per heavy atom. The molecule has 1 N–H and O–H groups in total. The number of rotatable bonds is 3. The molecule has 2 aromatic carbocycles. The highest BCUT2D eigenvalue weighted by Crippen LogP contribution is 2.22. The molecule has 1 heterocycles. The number of anilines is 1. The van der Waals surface area contributed by atoms with Crippen LogP contribution >= 0.6 is 11.6 Å². The molecule has 1 saturated heterocycles. The van der Waals surface area contributed by atoms with Crippen LogP contribution in [0.25, 0.3) is 0 Å². The summed E-state index contributed by atoms with van der Waals surface area (Å²) in [5.41, 5.74) is 2.46. The van der Waals surface area contributed by atoms with Gasteiger partial charge in [-0.3, -0.25) is 9.59 Å². The Labute approximate surface area is 140 Å². The predicted molar refractivity (Wildman–Crippen MR) is 90.9 cm³/mol. The fourth-order valence-electron chi connectivity index (χ4n) is 2.67. The predicted octanol–water partition coefficient (Wildman–Crippen LogP) is 3.18. The van der Waals surface area contributed by atoms with Crippen LogP contribution in [0.5, 0.6) is 0 Å². The van der Waals surface area contributed by atoms with Crippen molar-refractivity contribution in [1.29, 1.82) is 0 Å². The minimum absolute atomic E-state index is 0.0794. The van der Waals surface area contributed by atoms with Crippen molar-refractivity contribution in [3.05, 3.63) is 64.7 Å². The highest BCUT2D eigenvalue weighted by molar-refractivity contribution is 6.31. The number of carbonyl (C=O) groups is 2. The first kappa shape index (κ1) is 15.6. The van der Waals surface area contributed by atoms with Gasteiger partial charge in [0.2, 0.25) is 5.91 Å². The Balaban J connectivity index is 1.69. The van der Waals surface area contributed by atoms with Crippen LogP contribution in [0, 0.1) is 6.92 Å². The van der Waals surface area contributed by atoms with Crippen molar-refractivity contribution in [2.75, 3.05) is 11.4 Å². The number of amides is 2. The maximum atomic E-state index is 12.5. The second-order valence-corrected chi connectivity index (χ2v) is 6.09. The SMILES string of the molecule is Cc1ccc(N2CC[C@H](NC(=O)c3cccc(Cl)c3)C2=O)cc1. The molecule has 0 saturated carbocycles. The van der Waals surface area contributed by atoms with Crippen molar-refractivity contribution in [1.82, 2.24) is 5.32 Å². The van der Waals surface area contributed by atoms with E-state index in [1.807, 2.05) is 31.2 Å². The third-order valence-electron chi connectivity index (χ3n) is 3.94. The van der Waals surface area contributed by atoms with Gasteiger partial charge in [-0.1, -0.05) is 35.4 Å². The van der Waals surface area contributed by atoms with E-state index in [9.17, 15) is 9.59 Å². The zero-order valence-electron chi connectivity index (χ0n) is 12.8. The highest BCUT2D eigenvalue weighted by atomic mass is 35.5. The summed E-state index contributed by atoms with van der Waals surface area (Å²) in [7, 11) is 0. The van der Waals surface area contributed by atoms with E-state index in [4.69, 9.17) is 11.6 Å². The maximum Gasteiger partial charge on any atom is 0.251 e. The van der Waals surface area contributed by atoms with E-state index in [0.29, 0.717) is 23.6 Å². The minimum Gasteiger partial charge on any atom is -0.340 e. The summed E-state index contributed by atoms with van der Waals surface area (Å²) in [6.45, 7) is 2.60. The summed E-state index contributed by atoms with van der Waals surface area (Å²) in [4.78, 5) is 26.5. The maximum absolute atomic E-state index is 12.5. The number of halogens is 1. The van der Waals surface area contributed by atoms with Crippen LogP contribution in [-0.4, -0.2) is 24.4 Å². The lowest BCUT2D eigenvalue weighted by Gasteiger charge is -2.17. The molecule has 0 aromatic heterocycles. The van der Waals surface area contributed by atoms with E-state index in [0.717, 1.165) is 11.3 Å². The van der Waals surface area contributed by atoms with Crippen molar-refractivity contribution < 1.29 is 9.59 Å². The number of carbonyl (C=O) groups excluding carboxylic acids is 2. The Hall–Kier alpha value is -2.33. The van der Waals surface area contributed by atoms with Gasteiger partial charge in [0.15, 0.2) is 0 Å². The molecule has 3 rings (SSSR count). The van der Waals surface area contributed by atoms with Crippen molar-refractivity contribution in [3.63, 3.8) is 0 Å². The smallest absolute Gasteiger partial charge is 0.251 e. The van der Waals surface area contributed by atoms with Crippen molar-refractivity contribution in [3.8, 4) is 0 Å². The summed E-state index contributed by atoms with van der Waals surface area (Å²) in [5.74, 6) is -0.360. The first-order chi connectivity index (χ1) is 11.0. The van der Waals surface area contributed by atoms with Crippen LogP contribution in [0.1, 0.15) is 22.3 Å². The van der Waals surface area contributed by atoms with E-state index in [-0.39, 0.29) is 11.8 Å². The van der Waals surface area contributed by atoms with E-state index < -0.39 is 6.04 Å². The van der Waals surface area contributed by atoms with Crippen LogP contribution in [-0.2, 0) is 4.79 Å². The molecule has 1 fully saturated rings. The quantitative estimate of drug-likeness (QED) is 0.940. The first-order valence-corrected chi connectivity index (χ1v) is 7.87. The summed E-state index contributed by atoms with van der Waals surface area (Å²) in [5, 5.41) is 3.29. The number of aryl methyl sites for hydroxylation is 1. The second-order valence-electron chi connectivity index (χ2n) is 5.65. The molecule has 0 radical (unpaired) electrons. The number of hydrogen-bond acceptors (Lipinski definition) is 2. The average Bonchev–Trinajstić information content (AvgIpc) is 2.89. The zero-order chi connectivity index (χ0) is 16.4. The van der Waals surface area contributed by atoms with Crippen LogP contribution in [0.4, 0.5) is 5.69 Å². The molecule has 4 nitrogen and oxygen atoms in total. The fraction of sp³-hybridized carbons (Fsp3) is 0.222. The van der Waals surface area contributed by atoms with Gasteiger partial charge in [0, 0.05) is 22.8 Å². The largest absolute Gasteiger partial charge is 0.340 e. The molecule has 118 valence electrons. The zero-order valence-corrected chi connectivity index (χ0v) is 13.5. The molecule has 23 heavy (non-hydrogen) atoms. The Bertz CT molecular complexity index is 743. The molecule has 5 heteroatoms. The van der Waals surface area contributed by atoms with Gasteiger partial charge in [0.1, 0.15) is 6.04 Å². The van der Waals surface area contributed by atoms with Gasteiger partial charge in [-0.2, -0.15) is 0 Å². The van der Waals surface area contributed by atoms with Gasteiger partial charge >= 0.3 is 0 Å². The average molecular weight is 329 g/mol. The van der Waals surface area contributed by atoms with E-state index in [2.05, 4.69) is 5.32 Å². The van der Waals surface area contributed by atoms with Gasteiger partial charge in [0.05, 0.1) is 0 Å². The molecule has 0 bridgehead atoms. The third-order valence-corrected chi connectivity index (χ3v) is 4.18. The molecule has 1 aliphatic rings. The van der Waals surface area contributed by atoms with Gasteiger partial charge in [-0.05, 0) is 43.7 Å². The molecule has 0 spiro atoms. The number of hydrogen-bond donors (Lipinski definition) is 1. The fourth-order valence-corrected chi connectivity index (χ4v) is 2.86. The molecular weight excluding hydrogens is 312 g/mol. The van der Waals surface area contributed by atoms with Crippen LogP contribution in [0.2, 0.25) is 5.02 Å². The second kappa shape index (κ2) is 6.42. The minimum atomic E-state index is -0.497. The molecule has 1 atom stereocenters. The molecule has 2 aromatic rings. The summed E-state index contributed by atoms with van der Waals surface area (Å²) < 4.78 is 0. The molecule has 1 aliphatic heterocycles. The normalized spacial score (nSPS) is 17.4. The molecule has 2 amide bonds. The lowest BCUT2D eigenvalue weighted by Crippen LogP contribution is -2.41. The van der Waals surface area contributed by atoms with Gasteiger partial charge in [-0.25, -0.2) is 0 Å². The van der Waals surface area contributed by atoms with E-state index in [1.54, 1.807) is 29.2 Å². The van der Waals surface area contributed by atoms with Gasteiger partial charge < -0.3 is 10.2 Å². The lowest BCUT2D eigenvalue weighted by molar-refractivity contribution is -0.118. The van der Waals surface area contributed by atoms with E-state index >= 15 is 0 Å². The summed E-state index contributed by atoms with van der Waals surface area (Å²) in [6.07, 6.45) is 0.596. The lowest BCUT2D eigenvalue weighted by atomic mass is 10.2. The van der Waals surface area contributed by atoms with Gasteiger partial charge in [0.25, 0.3) is 5.91 Å². The molecule has 0 aliphatic carbocycles. The van der Waals surface area contributed by atoms with Crippen molar-refractivity contribution in [2.24, 2.45) is 0 Å². The van der Waals surface area contributed by atoms with E-state index in [1.165, 1.54) is 0 Å². The Morgan fingerprint density at radius 2 is 1.96 bits per heavy atom. The Morgan fingerprint density at radius 3 is 2.65 bits per heavy atom. The topological polar surface area (TPSA) is 49.4 Å². The Kier molecular flexibility index (Phi) is 4.35. The van der Waals surface area contributed by atoms with Crippen molar-refractivity contribution in [2.45, 2.75) is 19.4 Å². The first-order valence-electron chi connectivity index (χ1n) is 7.49. The van der Waals surface area contributed by atoms with Crippen LogP contribution in [0.3, 0.4) is 0 Å². The van der Waals surface area contributed by atoms with Crippen molar-refractivity contribution >= 4 is 29.1 Å². The summed E-state index contributed by atoms with van der Waals surface area (Å²) >= 11 is 5.90.